The van der Waals surface area contributed by atoms with Gasteiger partial charge >= 0.3 is 13.8 Å². The van der Waals surface area contributed by atoms with Crippen LogP contribution in [0.4, 0.5) is 0 Å². The van der Waals surface area contributed by atoms with Crippen molar-refractivity contribution in [3.05, 3.63) is 0 Å². The lowest BCUT2D eigenvalue weighted by Crippen LogP contribution is -2.43. The smallest absolute Gasteiger partial charge is 0.326 e. The van der Waals surface area contributed by atoms with E-state index in [2.05, 4.69) is 0 Å². The van der Waals surface area contributed by atoms with Gasteiger partial charge in [-0.15, -0.1) is 0 Å². The van der Waals surface area contributed by atoms with E-state index in [-0.39, 0.29) is 0 Å². The molecule has 3 rings (SSSR count). The van der Waals surface area contributed by atoms with Crippen LogP contribution in [-0.4, -0.2) is 26.5 Å². The van der Waals surface area contributed by atoms with E-state index in [1.165, 1.54) is 14.2 Å². The molecule has 0 amide bonds. The average Bonchev–Trinajstić information content (AvgIpc) is 2.37. The molecule has 0 radical (unpaired) electrons. The highest BCUT2D eigenvalue weighted by atomic mass is 31.2. The zero-order chi connectivity index (χ0) is 8.11. The Morgan fingerprint density at radius 1 is 1.36 bits per heavy atom. The SMILES string of the molecule is COC1(OC)OP2(=O)OC1O2. The molecule has 6 nitrogen and oxygen atoms in total. The molecule has 0 saturated carbocycles. The standard InChI is InChI=1S/C4H7O6P/c1-6-4(7-2)3-8-11(5,9-3)10-4/h3H,1-2H3. The number of hydrogen-bond donors (Lipinski definition) is 0. The van der Waals surface area contributed by atoms with Crippen LogP contribution in [0.15, 0.2) is 0 Å². The molecule has 64 valence electrons. The van der Waals surface area contributed by atoms with Crippen LogP contribution >= 0.6 is 7.82 Å². The number of methoxy groups -OCH3 is 2. The molecule has 11 heavy (non-hydrogen) atoms. The Kier molecular flexibility index (Phi) is 1.42. The van der Waals surface area contributed by atoms with E-state index >= 15 is 0 Å². The fraction of sp³-hybridized carbons (Fsp3) is 1.00. The number of phosphoric acid groups is 1. The summed E-state index contributed by atoms with van der Waals surface area (Å²) in [5.41, 5.74) is 0. The summed E-state index contributed by atoms with van der Waals surface area (Å²) < 4.78 is 34.8. The molecule has 3 fully saturated rings. The molecular formula is C4H7O6P. The zero-order valence-corrected chi connectivity index (χ0v) is 6.87. The van der Waals surface area contributed by atoms with E-state index in [1.54, 1.807) is 0 Å². The van der Waals surface area contributed by atoms with Crippen LogP contribution in [0, 0.1) is 0 Å². The second-order valence-electron chi connectivity index (χ2n) is 2.09. The van der Waals surface area contributed by atoms with Crippen LogP contribution in [0.3, 0.4) is 0 Å². The van der Waals surface area contributed by atoms with Gasteiger partial charge in [0.05, 0.1) is 0 Å². The van der Waals surface area contributed by atoms with Crippen molar-refractivity contribution in [2.75, 3.05) is 14.2 Å². The molecular weight excluding hydrogens is 175 g/mol. The highest BCUT2D eigenvalue weighted by molar-refractivity contribution is 7.50. The summed E-state index contributed by atoms with van der Waals surface area (Å²) in [5.74, 6) is -1.43. The second kappa shape index (κ2) is 2.04. The van der Waals surface area contributed by atoms with Gasteiger partial charge in [0, 0.05) is 14.2 Å². The Bertz CT molecular complexity index is 213. The van der Waals surface area contributed by atoms with Crippen molar-refractivity contribution in [2.24, 2.45) is 0 Å². The maximum atomic E-state index is 11.0. The van der Waals surface area contributed by atoms with Crippen molar-refractivity contribution in [1.29, 1.82) is 0 Å². The molecule has 0 spiro atoms. The van der Waals surface area contributed by atoms with Gasteiger partial charge in [-0.05, 0) is 0 Å². The minimum absolute atomic E-state index is 0.830. The quantitative estimate of drug-likeness (QED) is 0.456. The monoisotopic (exact) mass is 182 g/mol. The lowest BCUT2D eigenvalue weighted by Gasteiger charge is -2.25. The Labute approximate surface area is 62.9 Å². The second-order valence-corrected chi connectivity index (χ2v) is 3.59. The third-order valence-electron chi connectivity index (χ3n) is 1.55. The third-order valence-corrected chi connectivity index (χ3v) is 2.92. The van der Waals surface area contributed by atoms with E-state index < -0.39 is 20.1 Å². The van der Waals surface area contributed by atoms with Gasteiger partial charge in [-0.1, -0.05) is 0 Å². The molecule has 0 aromatic heterocycles. The number of fused-ring (bicyclic) bond motifs is 1. The Morgan fingerprint density at radius 2 is 1.91 bits per heavy atom. The van der Waals surface area contributed by atoms with Crippen molar-refractivity contribution in [3.63, 3.8) is 0 Å². The van der Waals surface area contributed by atoms with E-state index in [0.29, 0.717) is 0 Å². The molecule has 0 aromatic carbocycles. The predicted molar refractivity (Wildman–Crippen MR) is 31.4 cm³/mol. The van der Waals surface area contributed by atoms with Crippen molar-refractivity contribution in [2.45, 2.75) is 12.3 Å². The molecule has 0 aromatic rings. The number of rotatable bonds is 2. The Morgan fingerprint density at radius 3 is 2.09 bits per heavy atom. The summed E-state index contributed by atoms with van der Waals surface area (Å²) in [6.07, 6.45) is -0.830. The van der Waals surface area contributed by atoms with Crippen molar-refractivity contribution >= 4 is 7.82 Å². The van der Waals surface area contributed by atoms with E-state index in [1.807, 2.05) is 0 Å². The minimum atomic E-state index is -3.30. The average molecular weight is 182 g/mol. The van der Waals surface area contributed by atoms with E-state index in [0.717, 1.165) is 0 Å². The maximum absolute atomic E-state index is 11.0. The molecule has 3 heterocycles. The van der Waals surface area contributed by atoms with Crippen LogP contribution in [0.25, 0.3) is 0 Å². The first-order valence-corrected chi connectivity index (χ1v) is 4.38. The van der Waals surface area contributed by atoms with Gasteiger partial charge in [-0.2, -0.15) is 0 Å². The van der Waals surface area contributed by atoms with Crippen molar-refractivity contribution in [1.82, 2.24) is 0 Å². The first kappa shape index (κ1) is 7.67. The van der Waals surface area contributed by atoms with Gasteiger partial charge in [0.25, 0.3) is 6.29 Å². The molecule has 0 N–H and O–H groups in total. The van der Waals surface area contributed by atoms with Gasteiger partial charge in [0.2, 0.25) is 0 Å². The minimum Gasteiger partial charge on any atom is -0.326 e. The van der Waals surface area contributed by atoms with Gasteiger partial charge in [-0.25, -0.2) is 18.1 Å². The lowest BCUT2D eigenvalue weighted by molar-refractivity contribution is -0.351. The zero-order valence-electron chi connectivity index (χ0n) is 5.97. The predicted octanol–water partition coefficient (Wildman–Crippen LogP) is 0.444. The van der Waals surface area contributed by atoms with Crippen LogP contribution in [0.2, 0.25) is 0 Å². The van der Waals surface area contributed by atoms with Gasteiger partial charge in [-0.3, -0.25) is 0 Å². The summed E-state index contributed by atoms with van der Waals surface area (Å²) in [6, 6.07) is 0. The summed E-state index contributed by atoms with van der Waals surface area (Å²) in [5, 5.41) is 0. The lowest BCUT2D eigenvalue weighted by atomic mass is 10.5. The molecule has 3 saturated heterocycles. The molecule has 0 aliphatic carbocycles. The van der Waals surface area contributed by atoms with Crippen molar-refractivity contribution in [3.8, 4) is 0 Å². The summed E-state index contributed by atoms with van der Waals surface area (Å²) in [4.78, 5) is 0. The van der Waals surface area contributed by atoms with Crippen LogP contribution in [-0.2, 0) is 27.6 Å². The Balaban J connectivity index is 2.24. The number of ether oxygens (including phenoxy) is 2. The fourth-order valence-corrected chi connectivity index (χ4v) is 2.34. The van der Waals surface area contributed by atoms with Crippen LogP contribution in [0.5, 0.6) is 0 Å². The largest absolute Gasteiger partial charge is 0.484 e. The first-order valence-electron chi connectivity index (χ1n) is 2.92. The van der Waals surface area contributed by atoms with E-state index in [9.17, 15) is 4.57 Å². The summed E-state index contributed by atoms with van der Waals surface area (Å²) >= 11 is 0. The summed E-state index contributed by atoms with van der Waals surface area (Å²) in [7, 11) is -0.601. The van der Waals surface area contributed by atoms with Crippen LogP contribution in [0.1, 0.15) is 0 Å². The highest BCUT2D eigenvalue weighted by Gasteiger charge is 2.71. The highest BCUT2D eigenvalue weighted by Crippen LogP contribution is 2.72. The Hall–Kier alpha value is 0.0300. The normalized spacial score (nSPS) is 45.5. The summed E-state index contributed by atoms with van der Waals surface area (Å²) in [6.45, 7) is 0. The van der Waals surface area contributed by atoms with Gasteiger partial charge < -0.3 is 9.47 Å². The topological polar surface area (TPSA) is 63.2 Å². The fourth-order valence-electron chi connectivity index (χ4n) is 0.964. The van der Waals surface area contributed by atoms with E-state index in [4.69, 9.17) is 23.0 Å². The number of hydrogen-bond acceptors (Lipinski definition) is 6. The van der Waals surface area contributed by atoms with Crippen LogP contribution < -0.4 is 0 Å². The molecule has 3 aliphatic heterocycles. The van der Waals surface area contributed by atoms with Gasteiger partial charge in [0.1, 0.15) is 0 Å². The first-order chi connectivity index (χ1) is 5.14. The number of phosphoric ester groups is 1. The third kappa shape index (κ3) is 0.823. The molecule has 2 bridgehead atoms. The molecule has 0 unspecified atom stereocenters. The molecule has 3 aliphatic rings. The maximum Gasteiger partial charge on any atom is 0.484 e. The molecule has 0 atom stereocenters. The van der Waals surface area contributed by atoms with Crippen molar-refractivity contribution < 1.29 is 27.6 Å². The van der Waals surface area contributed by atoms with Gasteiger partial charge in [0.15, 0.2) is 0 Å². The molecule has 7 heteroatoms.